The van der Waals surface area contributed by atoms with E-state index in [1.54, 1.807) is 20.8 Å². The summed E-state index contributed by atoms with van der Waals surface area (Å²) in [5.74, 6) is -0.198. The van der Waals surface area contributed by atoms with E-state index in [-0.39, 0.29) is 24.1 Å². The predicted octanol–water partition coefficient (Wildman–Crippen LogP) is 2.30. The molecular weight excluding hydrogens is 293 g/mol. The lowest BCUT2D eigenvalue weighted by Gasteiger charge is -2.27. The summed E-state index contributed by atoms with van der Waals surface area (Å²) >= 11 is 3.03. The molecule has 0 aromatic rings. The monoisotopic (exact) mass is 309 g/mol. The van der Waals surface area contributed by atoms with Gasteiger partial charge in [0.15, 0.2) is 5.78 Å². The van der Waals surface area contributed by atoms with Crippen molar-refractivity contribution in [1.29, 1.82) is 0 Å². The highest BCUT2D eigenvalue weighted by Crippen LogP contribution is 2.24. The minimum absolute atomic E-state index is 0.0592. The number of hydrogen-bond acceptors (Lipinski definition) is 3. The third-order valence-electron chi connectivity index (χ3n) is 2.38. The number of halogens is 2. The average molecular weight is 310 g/mol. The third kappa shape index (κ3) is 3.94. The fourth-order valence-corrected chi connectivity index (χ4v) is 2.08. The normalized spacial score (nSPS) is 24.9. The number of likely N-dealkylation sites (tertiary alicyclic amines) is 1. The fraction of sp³-hybridized carbons (Fsp3) is 0.818. The molecule has 0 saturated carbocycles. The molecule has 1 saturated heterocycles. The smallest absolute Gasteiger partial charge is 0.411 e. The van der Waals surface area contributed by atoms with Gasteiger partial charge in [-0.05, 0) is 20.8 Å². The van der Waals surface area contributed by atoms with Gasteiger partial charge in [-0.3, -0.25) is 9.69 Å². The number of hydrogen-bond donors (Lipinski definition) is 0. The van der Waals surface area contributed by atoms with Gasteiger partial charge < -0.3 is 4.74 Å². The van der Waals surface area contributed by atoms with Crippen molar-refractivity contribution < 1.29 is 18.7 Å². The number of ether oxygens (including phenoxy) is 1. The summed E-state index contributed by atoms with van der Waals surface area (Å²) in [6, 6.07) is -0.709. The van der Waals surface area contributed by atoms with E-state index in [0.29, 0.717) is 0 Å². The van der Waals surface area contributed by atoms with E-state index in [4.69, 9.17) is 4.74 Å². The van der Waals surface area contributed by atoms with Crippen LogP contribution in [0.2, 0.25) is 0 Å². The van der Waals surface area contributed by atoms with Gasteiger partial charge >= 0.3 is 6.09 Å². The molecule has 0 aromatic heterocycles. The van der Waals surface area contributed by atoms with Crippen molar-refractivity contribution in [2.24, 2.45) is 0 Å². The van der Waals surface area contributed by atoms with Crippen LogP contribution in [0.3, 0.4) is 0 Å². The van der Waals surface area contributed by atoms with Crippen molar-refractivity contribution in [2.75, 3.05) is 11.9 Å². The van der Waals surface area contributed by atoms with Gasteiger partial charge in [0.2, 0.25) is 0 Å². The molecule has 4 nitrogen and oxygen atoms in total. The summed E-state index contributed by atoms with van der Waals surface area (Å²) in [4.78, 5) is 24.6. The Morgan fingerprint density at radius 2 is 2.06 bits per heavy atom. The molecule has 1 fully saturated rings. The number of carbonyl (C=O) groups excluding carboxylic acids is 2. The van der Waals surface area contributed by atoms with Crippen molar-refractivity contribution in [3.05, 3.63) is 0 Å². The first kappa shape index (κ1) is 14.4. The van der Waals surface area contributed by atoms with E-state index in [1.165, 1.54) is 4.90 Å². The van der Waals surface area contributed by atoms with Gasteiger partial charge in [0, 0.05) is 6.42 Å². The highest BCUT2D eigenvalue weighted by Gasteiger charge is 2.40. The molecule has 0 N–H and O–H groups in total. The number of amides is 1. The zero-order chi connectivity index (χ0) is 13.2. The Morgan fingerprint density at radius 3 is 2.53 bits per heavy atom. The number of rotatable bonds is 2. The number of ketones is 1. The molecule has 0 aliphatic carbocycles. The van der Waals surface area contributed by atoms with E-state index in [9.17, 15) is 14.0 Å². The molecule has 1 amide bonds. The Kier molecular flexibility index (Phi) is 4.52. The molecule has 0 unspecified atom stereocenters. The van der Waals surface area contributed by atoms with Crippen LogP contribution in [0.4, 0.5) is 9.18 Å². The van der Waals surface area contributed by atoms with Crippen LogP contribution < -0.4 is 0 Å². The SMILES string of the molecule is CC(C)(C)OC(=O)N1C[C@H](F)C[C@H]1C(=O)CBr. The minimum Gasteiger partial charge on any atom is -0.444 e. The number of nitrogens with zero attached hydrogens (tertiary/aromatic N) is 1. The van der Waals surface area contributed by atoms with Gasteiger partial charge in [-0.25, -0.2) is 9.18 Å². The third-order valence-corrected chi connectivity index (χ3v) is 2.93. The lowest BCUT2D eigenvalue weighted by molar-refractivity contribution is -0.120. The average Bonchev–Trinajstić information content (AvgIpc) is 2.56. The maximum Gasteiger partial charge on any atom is 0.411 e. The topological polar surface area (TPSA) is 46.6 Å². The molecule has 0 spiro atoms. The van der Waals surface area contributed by atoms with Gasteiger partial charge in [-0.15, -0.1) is 0 Å². The van der Waals surface area contributed by atoms with E-state index in [0.717, 1.165) is 0 Å². The summed E-state index contributed by atoms with van der Waals surface area (Å²) in [6.45, 7) is 5.12. The fourth-order valence-electron chi connectivity index (χ4n) is 1.70. The Labute approximate surface area is 109 Å². The van der Waals surface area contributed by atoms with Crippen molar-refractivity contribution >= 4 is 27.8 Å². The maximum absolute atomic E-state index is 13.3. The summed E-state index contributed by atoms with van der Waals surface area (Å²) < 4.78 is 18.4. The molecule has 0 bridgehead atoms. The van der Waals surface area contributed by atoms with Crippen LogP contribution in [0, 0.1) is 0 Å². The lowest BCUT2D eigenvalue weighted by atomic mass is 10.1. The molecule has 1 rings (SSSR count). The first-order chi connectivity index (χ1) is 7.74. The quantitative estimate of drug-likeness (QED) is 0.735. The summed E-state index contributed by atoms with van der Waals surface area (Å²) in [5.41, 5.74) is -0.645. The van der Waals surface area contributed by atoms with Crippen LogP contribution in [0.1, 0.15) is 27.2 Å². The van der Waals surface area contributed by atoms with Crippen LogP contribution in [0.25, 0.3) is 0 Å². The zero-order valence-electron chi connectivity index (χ0n) is 10.2. The molecule has 6 heteroatoms. The first-order valence-electron chi connectivity index (χ1n) is 5.47. The Balaban J connectivity index is 2.73. The molecular formula is C11H17BrFNO3. The van der Waals surface area contributed by atoms with Crippen LogP contribution in [0.15, 0.2) is 0 Å². The molecule has 0 aromatic carbocycles. The van der Waals surface area contributed by atoms with E-state index in [2.05, 4.69) is 15.9 Å². The molecule has 1 aliphatic rings. The van der Waals surface area contributed by atoms with Crippen LogP contribution in [-0.4, -0.2) is 46.5 Å². The predicted molar refractivity (Wildman–Crippen MR) is 65.0 cm³/mol. The van der Waals surface area contributed by atoms with Gasteiger partial charge in [0.05, 0.1) is 17.9 Å². The summed E-state index contributed by atoms with van der Waals surface area (Å²) in [6.07, 6.45) is -1.73. The lowest BCUT2D eigenvalue weighted by Crippen LogP contribution is -2.43. The Morgan fingerprint density at radius 1 is 1.47 bits per heavy atom. The molecule has 1 aliphatic heterocycles. The van der Waals surface area contributed by atoms with Crippen molar-refractivity contribution in [2.45, 2.75) is 45.0 Å². The second-order valence-electron chi connectivity index (χ2n) is 5.08. The summed E-state index contributed by atoms with van der Waals surface area (Å²) in [7, 11) is 0. The zero-order valence-corrected chi connectivity index (χ0v) is 11.8. The molecule has 0 radical (unpaired) electrons. The highest BCUT2D eigenvalue weighted by atomic mass is 79.9. The van der Waals surface area contributed by atoms with E-state index < -0.39 is 23.9 Å². The highest BCUT2D eigenvalue weighted by molar-refractivity contribution is 9.09. The van der Waals surface area contributed by atoms with Gasteiger partial charge in [-0.1, -0.05) is 15.9 Å². The summed E-state index contributed by atoms with van der Waals surface area (Å²) in [5, 5.41) is 0.115. The van der Waals surface area contributed by atoms with Gasteiger partial charge in [0.25, 0.3) is 0 Å². The largest absolute Gasteiger partial charge is 0.444 e. The van der Waals surface area contributed by atoms with Crippen LogP contribution in [-0.2, 0) is 9.53 Å². The Bertz CT molecular complexity index is 316. The number of alkyl halides is 2. The second kappa shape index (κ2) is 5.33. The molecule has 2 atom stereocenters. The Hall–Kier alpha value is -0.650. The van der Waals surface area contributed by atoms with Gasteiger partial charge in [0.1, 0.15) is 11.8 Å². The van der Waals surface area contributed by atoms with Crippen LogP contribution in [0.5, 0.6) is 0 Å². The second-order valence-corrected chi connectivity index (χ2v) is 5.64. The minimum atomic E-state index is -1.16. The van der Waals surface area contributed by atoms with Crippen molar-refractivity contribution in [3.63, 3.8) is 0 Å². The van der Waals surface area contributed by atoms with Gasteiger partial charge in [-0.2, -0.15) is 0 Å². The van der Waals surface area contributed by atoms with Crippen LogP contribution >= 0.6 is 15.9 Å². The van der Waals surface area contributed by atoms with Crippen molar-refractivity contribution in [3.8, 4) is 0 Å². The number of carbonyl (C=O) groups is 2. The van der Waals surface area contributed by atoms with E-state index in [1.807, 2.05) is 0 Å². The first-order valence-corrected chi connectivity index (χ1v) is 6.59. The van der Waals surface area contributed by atoms with Crippen molar-refractivity contribution in [1.82, 2.24) is 4.90 Å². The standard InChI is InChI=1S/C11H17BrFNO3/c1-11(2,3)17-10(16)14-6-7(13)4-8(14)9(15)5-12/h7-8H,4-6H2,1-3H3/t7-,8+/m1/s1. The molecule has 17 heavy (non-hydrogen) atoms. The number of Topliss-reactive ketones (excluding diaryl/α,β-unsaturated/α-hetero) is 1. The van der Waals surface area contributed by atoms with E-state index >= 15 is 0 Å². The maximum atomic E-state index is 13.3. The molecule has 98 valence electrons. The molecule has 1 heterocycles.